The van der Waals surface area contributed by atoms with Crippen LogP contribution >= 0.6 is 11.3 Å². The number of nitrogens with zero attached hydrogens (tertiary/aromatic N) is 3. The van der Waals surface area contributed by atoms with E-state index in [4.69, 9.17) is 5.11 Å². The Morgan fingerprint density at radius 3 is 2.60 bits per heavy atom. The van der Waals surface area contributed by atoms with E-state index in [0.717, 1.165) is 62.7 Å². The Labute approximate surface area is 123 Å². The molecule has 2 aliphatic heterocycles. The van der Waals surface area contributed by atoms with Crippen molar-refractivity contribution in [3.63, 3.8) is 0 Å². The molecule has 0 spiro atoms. The maximum absolute atomic E-state index is 12.4. The zero-order valence-corrected chi connectivity index (χ0v) is 12.4. The summed E-state index contributed by atoms with van der Waals surface area (Å²) < 4.78 is 0. The van der Waals surface area contributed by atoms with Crippen LogP contribution in [0.25, 0.3) is 0 Å². The van der Waals surface area contributed by atoms with Gasteiger partial charge in [0.25, 0.3) is 0 Å². The maximum atomic E-state index is 12.4. The van der Waals surface area contributed by atoms with Crippen molar-refractivity contribution in [2.45, 2.75) is 32.3 Å². The van der Waals surface area contributed by atoms with E-state index in [1.54, 1.807) is 11.3 Å². The normalized spacial score (nSPS) is 20.6. The molecule has 0 bridgehead atoms. The summed E-state index contributed by atoms with van der Waals surface area (Å²) >= 11 is 1.58. The number of aromatic nitrogens is 1. The van der Waals surface area contributed by atoms with Crippen LogP contribution in [0.2, 0.25) is 0 Å². The van der Waals surface area contributed by atoms with Gasteiger partial charge in [0.15, 0.2) is 5.13 Å². The van der Waals surface area contributed by atoms with Crippen molar-refractivity contribution >= 4 is 22.4 Å². The number of carbonyl (C=O) groups is 1. The van der Waals surface area contributed by atoms with E-state index < -0.39 is 0 Å². The lowest BCUT2D eigenvalue weighted by atomic mass is 9.95. The second kappa shape index (κ2) is 6.10. The zero-order valence-electron chi connectivity index (χ0n) is 11.6. The number of likely N-dealkylation sites (tertiary alicyclic amines) is 1. The summed E-state index contributed by atoms with van der Waals surface area (Å²) in [6, 6.07) is 0. The fourth-order valence-electron chi connectivity index (χ4n) is 3.03. The summed E-state index contributed by atoms with van der Waals surface area (Å²) in [6.07, 6.45) is 4.16. The second-order valence-electron chi connectivity index (χ2n) is 5.57. The third kappa shape index (κ3) is 2.81. The molecule has 0 radical (unpaired) electrons. The van der Waals surface area contributed by atoms with Gasteiger partial charge in [-0.2, -0.15) is 0 Å². The molecule has 5 nitrogen and oxygen atoms in total. The smallest absolute Gasteiger partial charge is 0.225 e. The molecule has 3 heterocycles. The van der Waals surface area contributed by atoms with Crippen LogP contribution in [0.1, 0.15) is 31.4 Å². The molecule has 0 aromatic carbocycles. The molecule has 0 atom stereocenters. The molecule has 110 valence electrons. The summed E-state index contributed by atoms with van der Waals surface area (Å²) in [4.78, 5) is 21.0. The van der Waals surface area contributed by atoms with Crippen molar-refractivity contribution in [2.75, 3.05) is 31.1 Å². The lowest BCUT2D eigenvalue weighted by Gasteiger charge is -2.32. The molecule has 20 heavy (non-hydrogen) atoms. The van der Waals surface area contributed by atoms with E-state index in [1.807, 2.05) is 10.3 Å². The summed E-state index contributed by atoms with van der Waals surface area (Å²) in [5.74, 6) is 0.555. The van der Waals surface area contributed by atoms with Gasteiger partial charge in [-0.05, 0) is 25.7 Å². The van der Waals surface area contributed by atoms with Gasteiger partial charge in [-0.15, -0.1) is 11.3 Å². The molecule has 0 aliphatic carbocycles. The molecule has 0 unspecified atom stereocenters. The Balaban J connectivity index is 1.55. The Morgan fingerprint density at radius 2 is 2.00 bits per heavy atom. The van der Waals surface area contributed by atoms with Crippen molar-refractivity contribution in [3.8, 4) is 0 Å². The fraction of sp³-hybridized carbons (Fsp3) is 0.714. The molecule has 2 aliphatic rings. The zero-order chi connectivity index (χ0) is 13.9. The molecule has 3 rings (SSSR count). The first-order valence-electron chi connectivity index (χ1n) is 7.37. The average molecular weight is 295 g/mol. The number of thiazole rings is 1. The van der Waals surface area contributed by atoms with E-state index in [2.05, 4.69) is 9.88 Å². The minimum absolute atomic E-state index is 0.000408. The van der Waals surface area contributed by atoms with E-state index in [-0.39, 0.29) is 12.5 Å². The third-order valence-corrected chi connectivity index (χ3v) is 5.18. The number of aliphatic hydroxyl groups is 1. The number of aliphatic hydroxyl groups excluding tert-OH is 1. The Kier molecular flexibility index (Phi) is 4.21. The fourth-order valence-corrected chi connectivity index (χ4v) is 3.90. The van der Waals surface area contributed by atoms with Crippen molar-refractivity contribution in [1.29, 1.82) is 0 Å². The van der Waals surface area contributed by atoms with E-state index >= 15 is 0 Å². The van der Waals surface area contributed by atoms with Gasteiger partial charge < -0.3 is 14.9 Å². The van der Waals surface area contributed by atoms with Crippen molar-refractivity contribution < 1.29 is 9.90 Å². The maximum Gasteiger partial charge on any atom is 0.225 e. The summed E-state index contributed by atoms with van der Waals surface area (Å²) in [5, 5.41) is 11.9. The molecular weight excluding hydrogens is 274 g/mol. The highest BCUT2D eigenvalue weighted by Crippen LogP contribution is 2.28. The van der Waals surface area contributed by atoms with E-state index in [0.29, 0.717) is 5.91 Å². The molecule has 2 fully saturated rings. The van der Waals surface area contributed by atoms with Crippen molar-refractivity contribution in [1.82, 2.24) is 9.88 Å². The lowest BCUT2D eigenvalue weighted by Crippen LogP contribution is -2.41. The van der Waals surface area contributed by atoms with Gasteiger partial charge in [-0.3, -0.25) is 4.79 Å². The molecule has 1 amide bonds. The molecule has 1 aromatic rings. The van der Waals surface area contributed by atoms with Gasteiger partial charge in [0.2, 0.25) is 5.91 Å². The summed E-state index contributed by atoms with van der Waals surface area (Å²) in [6.45, 7) is 3.68. The van der Waals surface area contributed by atoms with Crippen LogP contribution in [0.15, 0.2) is 5.38 Å². The van der Waals surface area contributed by atoms with Crippen LogP contribution in [0.3, 0.4) is 0 Å². The predicted molar refractivity (Wildman–Crippen MR) is 78.8 cm³/mol. The average Bonchev–Trinajstić information content (AvgIpc) is 3.18. The van der Waals surface area contributed by atoms with E-state index in [1.165, 1.54) is 0 Å². The highest BCUT2D eigenvalue weighted by Gasteiger charge is 2.30. The molecule has 1 aromatic heterocycles. The minimum atomic E-state index is 0.000408. The third-order valence-electron chi connectivity index (χ3n) is 4.23. The number of rotatable bonds is 3. The molecule has 1 N–H and O–H groups in total. The molecule has 6 heteroatoms. The minimum Gasteiger partial charge on any atom is -0.390 e. The summed E-state index contributed by atoms with van der Waals surface area (Å²) in [7, 11) is 0. The monoisotopic (exact) mass is 295 g/mol. The van der Waals surface area contributed by atoms with E-state index in [9.17, 15) is 4.79 Å². The van der Waals surface area contributed by atoms with Gasteiger partial charge in [-0.25, -0.2) is 4.98 Å². The molecule has 0 saturated carbocycles. The number of hydrogen-bond donors (Lipinski definition) is 1. The first-order chi connectivity index (χ1) is 9.78. The van der Waals surface area contributed by atoms with Crippen molar-refractivity contribution in [3.05, 3.63) is 11.1 Å². The Hall–Kier alpha value is -1.14. The first-order valence-corrected chi connectivity index (χ1v) is 8.25. The van der Waals surface area contributed by atoms with Crippen LogP contribution in [0.4, 0.5) is 5.13 Å². The number of anilines is 1. The highest BCUT2D eigenvalue weighted by molar-refractivity contribution is 7.13. The van der Waals surface area contributed by atoms with Crippen LogP contribution in [-0.2, 0) is 11.4 Å². The van der Waals surface area contributed by atoms with Gasteiger partial charge >= 0.3 is 0 Å². The Morgan fingerprint density at radius 1 is 1.30 bits per heavy atom. The number of carbonyl (C=O) groups excluding carboxylic acids is 1. The van der Waals surface area contributed by atoms with Gasteiger partial charge in [0.05, 0.1) is 12.3 Å². The van der Waals surface area contributed by atoms with Gasteiger partial charge in [0, 0.05) is 37.5 Å². The summed E-state index contributed by atoms with van der Waals surface area (Å²) in [5.41, 5.74) is 0.736. The topological polar surface area (TPSA) is 56.7 Å². The SMILES string of the molecule is O=C(C1CCN(c2nc(CO)cs2)CC1)N1CCCC1. The largest absolute Gasteiger partial charge is 0.390 e. The standard InChI is InChI=1S/C14H21N3O2S/c18-9-12-10-20-14(15-12)17-7-3-11(4-8-17)13(19)16-5-1-2-6-16/h10-11,18H,1-9H2. The quantitative estimate of drug-likeness (QED) is 0.917. The van der Waals surface area contributed by atoms with Gasteiger partial charge in [-0.1, -0.05) is 0 Å². The van der Waals surface area contributed by atoms with Crippen LogP contribution in [-0.4, -0.2) is 47.1 Å². The highest BCUT2D eigenvalue weighted by atomic mass is 32.1. The predicted octanol–water partition coefficient (Wildman–Crippen LogP) is 1.47. The number of hydrogen-bond acceptors (Lipinski definition) is 5. The number of amides is 1. The van der Waals surface area contributed by atoms with Crippen LogP contribution < -0.4 is 4.90 Å². The molecule has 2 saturated heterocycles. The first kappa shape index (κ1) is 13.8. The van der Waals surface area contributed by atoms with Crippen LogP contribution in [0, 0.1) is 5.92 Å². The lowest BCUT2D eigenvalue weighted by molar-refractivity contribution is -0.135. The van der Waals surface area contributed by atoms with Crippen LogP contribution in [0.5, 0.6) is 0 Å². The van der Waals surface area contributed by atoms with Gasteiger partial charge in [0.1, 0.15) is 0 Å². The second-order valence-corrected chi connectivity index (χ2v) is 6.41. The molecular formula is C14H21N3O2S. The van der Waals surface area contributed by atoms with Crippen molar-refractivity contribution in [2.24, 2.45) is 5.92 Å². The number of piperidine rings is 1. The Bertz CT molecular complexity index is 463.